The molecule has 1 amide bonds. The predicted molar refractivity (Wildman–Crippen MR) is 98.9 cm³/mol. The van der Waals surface area contributed by atoms with E-state index >= 15 is 0 Å². The Morgan fingerprint density at radius 2 is 2.00 bits per heavy atom. The first-order valence-corrected chi connectivity index (χ1v) is 8.41. The number of benzene rings is 2. The molecule has 1 aromatic heterocycles. The summed E-state index contributed by atoms with van der Waals surface area (Å²) in [7, 11) is 1.60. The first kappa shape index (κ1) is 17.7. The van der Waals surface area contributed by atoms with Crippen LogP contribution in [0.5, 0.6) is 5.75 Å². The van der Waals surface area contributed by atoms with E-state index in [0.29, 0.717) is 22.7 Å². The van der Waals surface area contributed by atoms with Crippen molar-refractivity contribution < 1.29 is 13.9 Å². The molecule has 0 unspecified atom stereocenters. The van der Waals surface area contributed by atoms with Crippen LogP contribution >= 0.6 is 0 Å². The summed E-state index contributed by atoms with van der Waals surface area (Å²) in [6, 6.07) is 12.9. The zero-order chi connectivity index (χ0) is 18.5. The summed E-state index contributed by atoms with van der Waals surface area (Å²) in [5.74, 6) is 0.0138. The molecule has 0 aliphatic carbocycles. The van der Waals surface area contributed by atoms with Crippen LogP contribution in [0, 0.1) is 5.82 Å². The van der Waals surface area contributed by atoms with Crippen molar-refractivity contribution in [2.45, 2.75) is 19.8 Å². The minimum absolute atomic E-state index is 0.312. The van der Waals surface area contributed by atoms with Crippen LogP contribution in [0.3, 0.4) is 0 Å². The second-order valence-corrected chi connectivity index (χ2v) is 5.87. The molecule has 0 saturated carbocycles. The normalized spacial score (nSPS) is 10.6. The molecule has 26 heavy (non-hydrogen) atoms. The summed E-state index contributed by atoms with van der Waals surface area (Å²) in [5, 5.41) is 10.3. The monoisotopic (exact) mass is 353 g/mol. The SMILES string of the molecule is CCCc1[nH]nc(-c2cccc(OC)c2)c1NC(=O)c1ccc(F)cc1. The molecule has 3 aromatic rings. The Morgan fingerprint density at radius 3 is 2.69 bits per heavy atom. The van der Waals surface area contributed by atoms with Gasteiger partial charge in [0.15, 0.2) is 0 Å². The van der Waals surface area contributed by atoms with Gasteiger partial charge in [0.05, 0.1) is 18.5 Å². The van der Waals surface area contributed by atoms with Gasteiger partial charge in [0.1, 0.15) is 17.3 Å². The molecule has 0 saturated heterocycles. The number of ether oxygens (including phenoxy) is 1. The Labute approximate surface area is 151 Å². The largest absolute Gasteiger partial charge is 0.497 e. The lowest BCUT2D eigenvalue weighted by molar-refractivity contribution is 0.102. The van der Waals surface area contributed by atoms with Crippen LogP contribution in [-0.2, 0) is 6.42 Å². The molecule has 2 N–H and O–H groups in total. The number of carbonyl (C=O) groups is 1. The van der Waals surface area contributed by atoms with Crippen LogP contribution in [0.4, 0.5) is 10.1 Å². The van der Waals surface area contributed by atoms with Crippen molar-refractivity contribution in [1.82, 2.24) is 10.2 Å². The fraction of sp³-hybridized carbons (Fsp3) is 0.200. The summed E-state index contributed by atoms with van der Waals surface area (Å²) in [6.45, 7) is 2.05. The molecule has 6 heteroatoms. The Kier molecular flexibility index (Phi) is 5.31. The van der Waals surface area contributed by atoms with Crippen molar-refractivity contribution in [3.8, 4) is 17.0 Å². The van der Waals surface area contributed by atoms with Crippen molar-refractivity contribution >= 4 is 11.6 Å². The summed E-state index contributed by atoms with van der Waals surface area (Å²) >= 11 is 0. The predicted octanol–water partition coefficient (Wildman–Crippen LogP) is 4.43. The topological polar surface area (TPSA) is 67.0 Å². The van der Waals surface area contributed by atoms with Crippen molar-refractivity contribution in [2.24, 2.45) is 0 Å². The van der Waals surface area contributed by atoms with Gasteiger partial charge in [-0.25, -0.2) is 4.39 Å². The van der Waals surface area contributed by atoms with Crippen LogP contribution in [0.1, 0.15) is 29.4 Å². The summed E-state index contributed by atoms with van der Waals surface area (Å²) in [4.78, 5) is 12.6. The molecule has 0 aliphatic rings. The zero-order valence-corrected chi connectivity index (χ0v) is 14.7. The molecule has 0 fully saturated rings. The molecule has 1 heterocycles. The number of amides is 1. The second kappa shape index (κ2) is 7.82. The van der Waals surface area contributed by atoms with Crippen LogP contribution in [0.2, 0.25) is 0 Å². The highest BCUT2D eigenvalue weighted by Gasteiger charge is 2.18. The smallest absolute Gasteiger partial charge is 0.255 e. The van der Waals surface area contributed by atoms with E-state index in [0.717, 1.165) is 24.1 Å². The standard InChI is InChI=1S/C20H20FN3O2/c1-3-5-17-19(22-20(25)13-8-10-15(21)11-9-13)18(24-23-17)14-6-4-7-16(12-14)26-2/h4,6-12H,3,5H2,1-2H3,(H,22,25)(H,23,24). The number of hydrogen-bond donors (Lipinski definition) is 2. The van der Waals surface area contributed by atoms with Crippen molar-refractivity contribution in [3.63, 3.8) is 0 Å². The molecular formula is C20H20FN3O2. The lowest BCUT2D eigenvalue weighted by Gasteiger charge is -2.09. The zero-order valence-electron chi connectivity index (χ0n) is 14.7. The molecule has 0 atom stereocenters. The van der Waals surface area contributed by atoms with Gasteiger partial charge in [0.25, 0.3) is 5.91 Å². The van der Waals surface area contributed by atoms with E-state index in [-0.39, 0.29) is 11.7 Å². The quantitative estimate of drug-likeness (QED) is 0.689. The number of aromatic nitrogens is 2. The number of nitrogens with zero attached hydrogens (tertiary/aromatic N) is 1. The fourth-order valence-corrected chi connectivity index (χ4v) is 2.71. The molecule has 134 valence electrons. The van der Waals surface area contributed by atoms with Gasteiger partial charge in [-0.15, -0.1) is 0 Å². The fourth-order valence-electron chi connectivity index (χ4n) is 2.71. The van der Waals surface area contributed by atoms with Crippen LogP contribution in [0.25, 0.3) is 11.3 Å². The third kappa shape index (κ3) is 3.74. The van der Waals surface area contributed by atoms with Crippen LogP contribution < -0.4 is 10.1 Å². The van der Waals surface area contributed by atoms with Crippen LogP contribution in [0.15, 0.2) is 48.5 Å². The maximum Gasteiger partial charge on any atom is 0.255 e. The number of nitrogens with one attached hydrogen (secondary N) is 2. The molecule has 0 spiro atoms. The molecule has 0 radical (unpaired) electrons. The van der Waals surface area contributed by atoms with Gasteiger partial charge >= 0.3 is 0 Å². The maximum atomic E-state index is 13.1. The number of aromatic amines is 1. The first-order valence-electron chi connectivity index (χ1n) is 8.41. The van der Waals surface area contributed by atoms with E-state index in [4.69, 9.17) is 4.74 Å². The Morgan fingerprint density at radius 1 is 1.23 bits per heavy atom. The molecule has 0 aliphatic heterocycles. The Bertz CT molecular complexity index is 904. The third-order valence-corrected chi connectivity index (χ3v) is 4.03. The van der Waals surface area contributed by atoms with Gasteiger partial charge in [-0.1, -0.05) is 25.5 Å². The van der Waals surface area contributed by atoms with Gasteiger partial charge < -0.3 is 10.1 Å². The minimum Gasteiger partial charge on any atom is -0.497 e. The number of carbonyl (C=O) groups excluding carboxylic acids is 1. The Balaban J connectivity index is 1.97. The van der Waals surface area contributed by atoms with E-state index < -0.39 is 0 Å². The van der Waals surface area contributed by atoms with E-state index in [1.54, 1.807) is 7.11 Å². The van der Waals surface area contributed by atoms with Gasteiger partial charge in [-0.2, -0.15) is 5.10 Å². The van der Waals surface area contributed by atoms with Gasteiger partial charge in [-0.05, 0) is 42.8 Å². The highest BCUT2D eigenvalue weighted by atomic mass is 19.1. The minimum atomic E-state index is -0.381. The number of methoxy groups -OCH3 is 1. The van der Waals surface area contributed by atoms with Gasteiger partial charge in [0.2, 0.25) is 0 Å². The highest BCUT2D eigenvalue weighted by Crippen LogP contribution is 2.32. The lowest BCUT2D eigenvalue weighted by atomic mass is 10.1. The number of rotatable bonds is 6. The number of H-pyrrole nitrogens is 1. The summed E-state index contributed by atoms with van der Waals surface area (Å²) in [5.41, 5.74) is 3.34. The van der Waals surface area contributed by atoms with Gasteiger partial charge in [-0.3, -0.25) is 9.89 Å². The van der Waals surface area contributed by atoms with E-state index in [2.05, 4.69) is 22.4 Å². The number of anilines is 1. The maximum absolute atomic E-state index is 13.1. The first-order chi connectivity index (χ1) is 12.6. The average Bonchev–Trinajstić information content (AvgIpc) is 3.05. The number of halogens is 1. The average molecular weight is 353 g/mol. The summed E-state index contributed by atoms with van der Waals surface area (Å²) in [6.07, 6.45) is 1.65. The summed E-state index contributed by atoms with van der Waals surface area (Å²) < 4.78 is 18.4. The molecule has 5 nitrogen and oxygen atoms in total. The highest BCUT2D eigenvalue weighted by molar-refractivity contribution is 6.06. The van der Waals surface area contributed by atoms with Crippen molar-refractivity contribution in [1.29, 1.82) is 0 Å². The molecule has 2 aromatic carbocycles. The van der Waals surface area contributed by atoms with Crippen LogP contribution in [-0.4, -0.2) is 23.2 Å². The number of aryl methyl sites for hydroxylation is 1. The van der Waals surface area contributed by atoms with Crippen molar-refractivity contribution in [3.05, 3.63) is 65.6 Å². The lowest BCUT2D eigenvalue weighted by Crippen LogP contribution is -2.13. The third-order valence-electron chi connectivity index (χ3n) is 4.03. The second-order valence-electron chi connectivity index (χ2n) is 5.87. The molecular weight excluding hydrogens is 333 g/mol. The van der Waals surface area contributed by atoms with E-state index in [1.807, 2.05) is 24.3 Å². The van der Waals surface area contributed by atoms with Gasteiger partial charge in [0, 0.05) is 11.1 Å². The number of hydrogen-bond acceptors (Lipinski definition) is 3. The molecule has 3 rings (SSSR count). The van der Waals surface area contributed by atoms with E-state index in [1.165, 1.54) is 24.3 Å². The van der Waals surface area contributed by atoms with Crippen molar-refractivity contribution in [2.75, 3.05) is 12.4 Å². The molecule has 0 bridgehead atoms. The van der Waals surface area contributed by atoms with E-state index in [9.17, 15) is 9.18 Å². The Hall–Kier alpha value is -3.15.